The van der Waals surface area contributed by atoms with Crippen molar-refractivity contribution < 1.29 is 18.3 Å². The van der Waals surface area contributed by atoms with E-state index in [1.807, 2.05) is 20.8 Å². The molecule has 21 heavy (non-hydrogen) atoms. The molecule has 0 unspecified atom stereocenters. The summed E-state index contributed by atoms with van der Waals surface area (Å²) in [5, 5.41) is 9.21. The van der Waals surface area contributed by atoms with Gasteiger partial charge in [-0.25, -0.2) is 17.9 Å². The van der Waals surface area contributed by atoms with Crippen LogP contribution in [-0.2, 0) is 10.0 Å². The van der Waals surface area contributed by atoms with Gasteiger partial charge in [0.25, 0.3) is 0 Å². The van der Waals surface area contributed by atoms with Crippen LogP contribution in [0.15, 0.2) is 17.0 Å². The molecule has 1 aromatic carbocycles. The van der Waals surface area contributed by atoms with Crippen molar-refractivity contribution in [3.05, 3.63) is 28.3 Å². The van der Waals surface area contributed by atoms with Gasteiger partial charge in [-0.2, -0.15) is 0 Å². The van der Waals surface area contributed by atoms with Crippen LogP contribution in [-0.4, -0.2) is 25.0 Å². The summed E-state index contributed by atoms with van der Waals surface area (Å²) in [7, 11) is -3.85. The standard InChI is InChI=1S/C14H20ClNO4S/c1-5-14(4,6-2)16-21(19,20)12-8-10(15)7-11(9(12)3)13(17)18/h7-8,16H,5-6H2,1-4H3,(H,17,18). The van der Waals surface area contributed by atoms with Gasteiger partial charge in [0.15, 0.2) is 0 Å². The Balaban J connectivity index is 3.42. The highest BCUT2D eigenvalue weighted by molar-refractivity contribution is 7.89. The van der Waals surface area contributed by atoms with Gasteiger partial charge in [-0.15, -0.1) is 0 Å². The van der Waals surface area contributed by atoms with Crippen LogP contribution in [0.1, 0.15) is 49.5 Å². The number of hydrogen-bond donors (Lipinski definition) is 2. The molecule has 0 aliphatic carbocycles. The van der Waals surface area contributed by atoms with Gasteiger partial charge < -0.3 is 5.11 Å². The summed E-state index contributed by atoms with van der Waals surface area (Å²) in [6.07, 6.45) is 1.24. The van der Waals surface area contributed by atoms with Gasteiger partial charge in [-0.1, -0.05) is 25.4 Å². The molecular weight excluding hydrogens is 314 g/mol. The van der Waals surface area contributed by atoms with Crippen LogP contribution in [0.5, 0.6) is 0 Å². The molecule has 1 rings (SSSR count). The molecule has 0 saturated carbocycles. The van der Waals surface area contributed by atoms with Crippen molar-refractivity contribution in [1.82, 2.24) is 4.72 Å². The van der Waals surface area contributed by atoms with Crippen LogP contribution in [0, 0.1) is 6.92 Å². The number of halogens is 1. The minimum atomic E-state index is -3.85. The highest BCUT2D eigenvalue weighted by Gasteiger charge is 2.29. The van der Waals surface area contributed by atoms with E-state index < -0.39 is 21.5 Å². The van der Waals surface area contributed by atoms with Crippen molar-refractivity contribution in [3.63, 3.8) is 0 Å². The van der Waals surface area contributed by atoms with Crippen LogP contribution in [0.2, 0.25) is 5.02 Å². The molecule has 0 radical (unpaired) electrons. The van der Waals surface area contributed by atoms with E-state index >= 15 is 0 Å². The normalized spacial score (nSPS) is 12.4. The molecule has 7 heteroatoms. The maximum Gasteiger partial charge on any atom is 0.336 e. The fourth-order valence-electron chi connectivity index (χ4n) is 1.93. The SMILES string of the molecule is CCC(C)(CC)NS(=O)(=O)c1cc(Cl)cc(C(=O)O)c1C. The predicted octanol–water partition coefficient (Wildman–Crippen LogP) is 3.20. The first-order chi connectivity index (χ1) is 9.56. The molecule has 0 aromatic heterocycles. The van der Waals surface area contributed by atoms with E-state index in [0.717, 1.165) is 0 Å². The third kappa shape index (κ3) is 3.96. The Morgan fingerprint density at radius 1 is 1.33 bits per heavy atom. The summed E-state index contributed by atoms with van der Waals surface area (Å²) < 4.78 is 27.7. The first-order valence-electron chi connectivity index (χ1n) is 6.63. The van der Waals surface area contributed by atoms with E-state index in [1.54, 1.807) is 0 Å². The molecule has 0 atom stereocenters. The van der Waals surface area contributed by atoms with Crippen LogP contribution in [0.3, 0.4) is 0 Å². The second-order valence-corrected chi connectivity index (χ2v) is 7.34. The van der Waals surface area contributed by atoms with E-state index in [4.69, 9.17) is 16.7 Å². The van der Waals surface area contributed by atoms with Gasteiger partial charge in [-0.3, -0.25) is 0 Å². The smallest absolute Gasteiger partial charge is 0.336 e. The molecule has 0 aliphatic heterocycles. The predicted molar refractivity (Wildman–Crippen MR) is 82.5 cm³/mol. The zero-order valence-corrected chi connectivity index (χ0v) is 14.1. The number of aromatic carboxylic acids is 1. The fourth-order valence-corrected chi connectivity index (χ4v) is 4.05. The molecule has 0 bridgehead atoms. The molecule has 0 aliphatic rings. The number of carboxylic acids is 1. The Bertz CT molecular complexity index is 651. The Hall–Kier alpha value is -1.11. The molecule has 2 N–H and O–H groups in total. The lowest BCUT2D eigenvalue weighted by Crippen LogP contribution is -2.45. The highest BCUT2D eigenvalue weighted by Crippen LogP contribution is 2.26. The highest BCUT2D eigenvalue weighted by atomic mass is 35.5. The largest absolute Gasteiger partial charge is 0.478 e. The number of carbonyl (C=O) groups is 1. The second-order valence-electron chi connectivity index (χ2n) is 5.25. The molecule has 1 aromatic rings. The van der Waals surface area contributed by atoms with E-state index in [2.05, 4.69) is 4.72 Å². The Labute approximate surface area is 130 Å². The Morgan fingerprint density at radius 3 is 2.29 bits per heavy atom. The monoisotopic (exact) mass is 333 g/mol. The van der Waals surface area contributed by atoms with Gasteiger partial charge in [0.05, 0.1) is 10.5 Å². The van der Waals surface area contributed by atoms with Crippen LogP contribution in [0.25, 0.3) is 0 Å². The third-order valence-corrected chi connectivity index (χ3v) is 5.77. The van der Waals surface area contributed by atoms with Gasteiger partial charge >= 0.3 is 5.97 Å². The number of carboxylic acid groups (broad SMARTS) is 1. The number of sulfonamides is 1. The van der Waals surface area contributed by atoms with Crippen molar-refractivity contribution in [2.24, 2.45) is 0 Å². The maximum absolute atomic E-state index is 12.6. The molecule has 0 amide bonds. The van der Waals surface area contributed by atoms with Gasteiger partial charge in [0.2, 0.25) is 10.0 Å². The van der Waals surface area contributed by atoms with Crippen LogP contribution < -0.4 is 4.72 Å². The summed E-state index contributed by atoms with van der Waals surface area (Å²) in [5.41, 5.74) is -0.525. The minimum Gasteiger partial charge on any atom is -0.478 e. The van der Waals surface area contributed by atoms with Crippen LogP contribution in [0.4, 0.5) is 0 Å². The topological polar surface area (TPSA) is 83.5 Å². The zero-order chi connectivity index (χ0) is 16.4. The zero-order valence-electron chi connectivity index (χ0n) is 12.5. The molecule has 0 fully saturated rings. The number of nitrogens with one attached hydrogen (secondary N) is 1. The minimum absolute atomic E-state index is 0.0769. The summed E-state index contributed by atoms with van der Waals surface area (Å²) in [6.45, 7) is 7.05. The average Bonchev–Trinajstić information content (AvgIpc) is 2.39. The number of rotatable bonds is 6. The molecule has 0 heterocycles. The van der Waals surface area contributed by atoms with Gasteiger partial charge in [0, 0.05) is 10.6 Å². The molecule has 5 nitrogen and oxygen atoms in total. The van der Waals surface area contributed by atoms with E-state index in [0.29, 0.717) is 12.8 Å². The molecule has 118 valence electrons. The summed E-state index contributed by atoms with van der Waals surface area (Å²) in [4.78, 5) is 11.1. The summed E-state index contributed by atoms with van der Waals surface area (Å²) in [6, 6.07) is 2.52. The second kappa shape index (κ2) is 6.34. The van der Waals surface area contributed by atoms with Gasteiger partial charge in [0.1, 0.15) is 0 Å². The fraction of sp³-hybridized carbons (Fsp3) is 0.500. The first-order valence-corrected chi connectivity index (χ1v) is 8.50. The van der Waals surface area contributed by atoms with Crippen molar-refractivity contribution in [1.29, 1.82) is 0 Å². The van der Waals surface area contributed by atoms with E-state index in [1.165, 1.54) is 19.1 Å². The quantitative estimate of drug-likeness (QED) is 0.837. The van der Waals surface area contributed by atoms with Crippen LogP contribution >= 0.6 is 11.6 Å². The summed E-state index contributed by atoms with van der Waals surface area (Å²) in [5.74, 6) is -1.21. The maximum atomic E-state index is 12.6. The molecule has 0 saturated heterocycles. The number of benzene rings is 1. The lowest BCUT2D eigenvalue weighted by Gasteiger charge is -2.28. The van der Waals surface area contributed by atoms with Gasteiger partial charge in [-0.05, 0) is 44.4 Å². The third-order valence-electron chi connectivity index (χ3n) is 3.79. The van der Waals surface area contributed by atoms with E-state index in [9.17, 15) is 13.2 Å². The van der Waals surface area contributed by atoms with Crippen molar-refractivity contribution >= 4 is 27.6 Å². The van der Waals surface area contributed by atoms with Crippen molar-refractivity contribution in [3.8, 4) is 0 Å². The molecular formula is C14H20ClNO4S. The average molecular weight is 334 g/mol. The Kier molecular flexibility index (Phi) is 5.41. The van der Waals surface area contributed by atoms with Crippen molar-refractivity contribution in [2.45, 2.75) is 51.0 Å². The lowest BCUT2D eigenvalue weighted by atomic mass is 9.98. The first kappa shape index (κ1) is 17.9. The van der Waals surface area contributed by atoms with E-state index in [-0.39, 0.29) is 21.0 Å². The van der Waals surface area contributed by atoms with Crippen molar-refractivity contribution in [2.75, 3.05) is 0 Å². The Morgan fingerprint density at radius 2 is 1.86 bits per heavy atom. The summed E-state index contributed by atoms with van der Waals surface area (Å²) >= 11 is 5.86. The lowest BCUT2D eigenvalue weighted by molar-refractivity contribution is 0.0696. The number of hydrogen-bond acceptors (Lipinski definition) is 3. The molecule has 0 spiro atoms.